The molecule has 3 heteroatoms. The van der Waals surface area contributed by atoms with Gasteiger partial charge in [-0.05, 0) is 44.9 Å². The number of aryl methyl sites for hydroxylation is 2. The number of nitrogens with zero attached hydrogens (tertiary/aromatic N) is 2. The fraction of sp³-hybridized carbons (Fsp3) is 0.263. The first-order valence-electron chi connectivity index (χ1n) is 7.56. The van der Waals surface area contributed by atoms with Crippen molar-refractivity contribution >= 4 is 17.3 Å². The van der Waals surface area contributed by atoms with Crippen molar-refractivity contribution in [3.05, 3.63) is 65.2 Å². The molecule has 0 spiro atoms. The van der Waals surface area contributed by atoms with E-state index in [0.29, 0.717) is 6.42 Å². The molecule has 112 valence electrons. The summed E-state index contributed by atoms with van der Waals surface area (Å²) in [5, 5.41) is 6.00. The Kier molecular flexibility index (Phi) is 3.80. The molecule has 1 aliphatic heterocycles. The van der Waals surface area contributed by atoms with Crippen molar-refractivity contribution in [3.63, 3.8) is 0 Å². The van der Waals surface area contributed by atoms with Crippen molar-refractivity contribution in [2.24, 2.45) is 11.0 Å². The van der Waals surface area contributed by atoms with Gasteiger partial charge in [-0.3, -0.25) is 4.79 Å². The Bertz CT molecular complexity index is 714. The largest absolute Gasteiger partial charge is 0.272 e. The first kappa shape index (κ1) is 14.5. The van der Waals surface area contributed by atoms with Crippen LogP contribution in [0.1, 0.15) is 23.6 Å². The smallest absolute Gasteiger partial charge is 0.256 e. The van der Waals surface area contributed by atoms with Gasteiger partial charge in [0.1, 0.15) is 0 Å². The number of rotatable bonds is 3. The average molecular weight is 292 g/mol. The Hall–Kier alpha value is -2.42. The summed E-state index contributed by atoms with van der Waals surface area (Å²) < 4.78 is 0. The second-order valence-corrected chi connectivity index (χ2v) is 5.97. The van der Waals surface area contributed by atoms with Gasteiger partial charge >= 0.3 is 0 Å². The summed E-state index contributed by atoms with van der Waals surface area (Å²) >= 11 is 0. The maximum absolute atomic E-state index is 12.7. The summed E-state index contributed by atoms with van der Waals surface area (Å²) in [7, 11) is 0. The molecule has 1 heterocycles. The average Bonchev–Trinajstić information content (AvgIpc) is 2.78. The quantitative estimate of drug-likeness (QED) is 0.845. The fourth-order valence-corrected chi connectivity index (χ4v) is 2.67. The number of anilines is 1. The molecule has 0 bridgehead atoms. The summed E-state index contributed by atoms with van der Waals surface area (Å²) in [6.45, 7) is 6.03. The van der Waals surface area contributed by atoms with Crippen LogP contribution in [0.4, 0.5) is 5.69 Å². The molecule has 0 N–H and O–H groups in total. The molecular weight excluding hydrogens is 272 g/mol. The number of hydrazone groups is 1. The summed E-state index contributed by atoms with van der Waals surface area (Å²) in [4.78, 5) is 12.7. The van der Waals surface area contributed by atoms with Gasteiger partial charge in [-0.1, -0.05) is 47.5 Å². The highest BCUT2D eigenvalue weighted by atomic mass is 16.2. The number of benzene rings is 2. The van der Waals surface area contributed by atoms with E-state index in [1.165, 1.54) is 21.7 Å². The zero-order valence-electron chi connectivity index (χ0n) is 13.2. The molecule has 1 aliphatic rings. The van der Waals surface area contributed by atoms with Crippen LogP contribution in [0.15, 0.2) is 53.6 Å². The van der Waals surface area contributed by atoms with Crippen molar-refractivity contribution in [2.45, 2.75) is 27.2 Å². The van der Waals surface area contributed by atoms with Gasteiger partial charge in [0.05, 0.1) is 11.6 Å². The first-order valence-corrected chi connectivity index (χ1v) is 7.56. The third-order valence-electron chi connectivity index (χ3n) is 4.11. The number of hydrogen-bond acceptors (Lipinski definition) is 2. The molecule has 0 saturated heterocycles. The molecule has 0 aliphatic carbocycles. The number of carbonyl (C=O) groups is 1. The van der Waals surface area contributed by atoms with Crippen molar-refractivity contribution in [2.75, 3.05) is 5.01 Å². The molecular formula is C19H20N2O. The van der Waals surface area contributed by atoms with Gasteiger partial charge in [-0.15, -0.1) is 0 Å². The van der Waals surface area contributed by atoms with Crippen LogP contribution in [0.3, 0.4) is 0 Å². The van der Waals surface area contributed by atoms with Gasteiger partial charge in [0.25, 0.3) is 5.91 Å². The lowest BCUT2D eigenvalue weighted by molar-refractivity contribution is -0.119. The molecule has 3 nitrogen and oxygen atoms in total. The summed E-state index contributed by atoms with van der Waals surface area (Å²) in [5.74, 6) is -0.106. The molecule has 2 aromatic carbocycles. The molecule has 1 unspecified atom stereocenters. The van der Waals surface area contributed by atoms with Crippen LogP contribution in [-0.2, 0) is 11.2 Å². The third kappa shape index (κ3) is 2.80. The van der Waals surface area contributed by atoms with E-state index in [4.69, 9.17) is 0 Å². The van der Waals surface area contributed by atoms with Gasteiger partial charge in [0.15, 0.2) is 0 Å². The maximum Gasteiger partial charge on any atom is 0.256 e. The molecule has 1 atom stereocenters. The second-order valence-electron chi connectivity index (χ2n) is 5.97. The van der Waals surface area contributed by atoms with Crippen LogP contribution in [0.25, 0.3) is 0 Å². The fourth-order valence-electron chi connectivity index (χ4n) is 2.67. The molecule has 1 amide bonds. The van der Waals surface area contributed by atoms with Gasteiger partial charge in [-0.25, -0.2) is 5.01 Å². The minimum atomic E-state index is -0.163. The lowest BCUT2D eigenvalue weighted by Gasteiger charge is -2.14. The van der Waals surface area contributed by atoms with Gasteiger partial charge in [0.2, 0.25) is 0 Å². The zero-order chi connectivity index (χ0) is 15.7. The minimum Gasteiger partial charge on any atom is -0.272 e. The first-order chi connectivity index (χ1) is 10.5. The van der Waals surface area contributed by atoms with Crippen LogP contribution in [0.2, 0.25) is 0 Å². The van der Waals surface area contributed by atoms with Crippen molar-refractivity contribution < 1.29 is 4.79 Å². The molecule has 0 saturated carbocycles. The number of hydrogen-bond donors (Lipinski definition) is 0. The second kappa shape index (κ2) is 5.76. The molecule has 0 aromatic heterocycles. The lowest BCUT2D eigenvalue weighted by atomic mass is 9.95. The van der Waals surface area contributed by atoms with Crippen molar-refractivity contribution in [1.82, 2.24) is 0 Å². The monoisotopic (exact) mass is 292 g/mol. The van der Waals surface area contributed by atoms with E-state index in [1.54, 1.807) is 0 Å². The standard InChI is InChI=1S/C19H20N2O/c1-13-4-8-16(9-5-13)12-18-15(3)20-21(19(18)22)17-10-6-14(2)7-11-17/h4-11,18H,12H2,1-3H3. The zero-order valence-corrected chi connectivity index (χ0v) is 13.2. The Morgan fingerprint density at radius 2 is 1.45 bits per heavy atom. The van der Waals surface area contributed by atoms with E-state index in [2.05, 4.69) is 36.3 Å². The highest BCUT2D eigenvalue weighted by Crippen LogP contribution is 2.26. The molecule has 0 fully saturated rings. The number of carbonyl (C=O) groups excluding carboxylic acids is 1. The topological polar surface area (TPSA) is 32.7 Å². The molecule has 3 rings (SSSR count). The molecule has 2 aromatic rings. The van der Waals surface area contributed by atoms with Crippen LogP contribution in [0, 0.1) is 19.8 Å². The predicted molar refractivity (Wildman–Crippen MR) is 90.1 cm³/mol. The van der Waals surface area contributed by atoms with E-state index in [0.717, 1.165) is 11.4 Å². The third-order valence-corrected chi connectivity index (χ3v) is 4.11. The van der Waals surface area contributed by atoms with E-state index in [-0.39, 0.29) is 11.8 Å². The van der Waals surface area contributed by atoms with E-state index in [1.807, 2.05) is 38.1 Å². The highest BCUT2D eigenvalue weighted by molar-refractivity contribution is 6.14. The SMILES string of the molecule is CC1=NN(c2ccc(C)cc2)C(=O)C1Cc1ccc(C)cc1. The predicted octanol–water partition coefficient (Wildman–Crippen LogP) is 3.88. The van der Waals surface area contributed by atoms with E-state index in [9.17, 15) is 4.79 Å². The van der Waals surface area contributed by atoms with Crippen LogP contribution in [0.5, 0.6) is 0 Å². The van der Waals surface area contributed by atoms with Crippen molar-refractivity contribution in [3.8, 4) is 0 Å². The van der Waals surface area contributed by atoms with Crippen molar-refractivity contribution in [1.29, 1.82) is 0 Å². The Morgan fingerprint density at radius 1 is 0.909 bits per heavy atom. The molecule has 0 radical (unpaired) electrons. The Balaban J connectivity index is 1.80. The Morgan fingerprint density at radius 3 is 2.05 bits per heavy atom. The van der Waals surface area contributed by atoms with Gasteiger partial charge < -0.3 is 0 Å². The normalized spacial score (nSPS) is 17.8. The van der Waals surface area contributed by atoms with Crippen LogP contribution < -0.4 is 5.01 Å². The summed E-state index contributed by atoms with van der Waals surface area (Å²) in [6, 6.07) is 16.2. The lowest BCUT2D eigenvalue weighted by Crippen LogP contribution is -2.28. The maximum atomic E-state index is 12.7. The van der Waals surface area contributed by atoms with Crippen LogP contribution in [-0.4, -0.2) is 11.6 Å². The van der Waals surface area contributed by atoms with Gasteiger partial charge in [-0.2, -0.15) is 5.10 Å². The van der Waals surface area contributed by atoms with Gasteiger partial charge in [0, 0.05) is 5.71 Å². The minimum absolute atomic E-state index is 0.0573. The number of amides is 1. The highest BCUT2D eigenvalue weighted by Gasteiger charge is 2.34. The summed E-state index contributed by atoms with van der Waals surface area (Å²) in [5.41, 5.74) is 5.29. The van der Waals surface area contributed by atoms with E-state index < -0.39 is 0 Å². The van der Waals surface area contributed by atoms with Crippen LogP contribution >= 0.6 is 0 Å². The molecule has 22 heavy (non-hydrogen) atoms. The van der Waals surface area contributed by atoms with E-state index >= 15 is 0 Å². The Labute approximate surface area is 131 Å². The summed E-state index contributed by atoms with van der Waals surface area (Å²) in [6.07, 6.45) is 0.705.